The van der Waals surface area contributed by atoms with Crippen LogP contribution in [0, 0.1) is 0 Å². The maximum absolute atomic E-state index is 12.0. The van der Waals surface area contributed by atoms with E-state index in [9.17, 15) is 9.59 Å². The minimum atomic E-state index is -0.940. The van der Waals surface area contributed by atoms with Crippen LogP contribution in [0.5, 0.6) is 5.75 Å². The minimum Gasteiger partial charge on any atom is -0.494 e. The molecule has 0 saturated heterocycles. The summed E-state index contributed by atoms with van der Waals surface area (Å²) in [5.74, 6) is -0.227. The summed E-state index contributed by atoms with van der Waals surface area (Å²) in [5, 5.41) is 2.74. The standard InChI is InChI=1S/C18H18BrClN2O4/c1-12(18(24)22-15-7-3-9-21-17(15)20)26-16(23)8-4-10-25-14-6-2-5-13(19)11-14/h2-3,5-7,9,11-12H,4,8,10H2,1H3,(H,22,24). The van der Waals surface area contributed by atoms with Crippen molar-refractivity contribution >= 4 is 45.1 Å². The van der Waals surface area contributed by atoms with Gasteiger partial charge in [0.25, 0.3) is 5.91 Å². The van der Waals surface area contributed by atoms with Crippen molar-refractivity contribution in [2.24, 2.45) is 0 Å². The van der Waals surface area contributed by atoms with Crippen molar-refractivity contribution in [3.8, 4) is 5.75 Å². The molecule has 0 saturated carbocycles. The molecule has 8 heteroatoms. The number of hydrogen-bond donors (Lipinski definition) is 1. The number of amides is 1. The number of anilines is 1. The van der Waals surface area contributed by atoms with E-state index >= 15 is 0 Å². The molecule has 0 fully saturated rings. The van der Waals surface area contributed by atoms with Crippen LogP contribution in [0.15, 0.2) is 47.1 Å². The number of benzene rings is 1. The van der Waals surface area contributed by atoms with E-state index in [1.165, 1.54) is 13.1 Å². The zero-order chi connectivity index (χ0) is 18.9. The van der Waals surface area contributed by atoms with Gasteiger partial charge in [0.15, 0.2) is 11.3 Å². The van der Waals surface area contributed by atoms with Gasteiger partial charge in [0.1, 0.15) is 5.75 Å². The fourth-order valence-corrected chi connectivity index (χ4v) is 2.53. The number of rotatable bonds is 8. The second kappa shape index (κ2) is 10.1. The second-order valence-electron chi connectivity index (χ2n) is 5.37. The van der Waals surface area contributed by atoms with E-state index in [2.05, 4.69) is 26.2 Å². The predicted molar refractivity (Wildman–Crippen MR) is 102 cm³/mol. The summed E-state index contributed by atoms with van der Waals surface area (Å²) in [7, 11) is 0. The highest BCUT2D eigenvalue weighted by Gasteiger charge is 2.18. The normalized spacial score (nSPS) is 11.5. The van der Waals surface area contributed by atoms with Crippen molar-refractivity contribution in [2.75, 3.05) is 11.9 Å². The molecule has 2 rings (SSSR count). The SMILES string of the molecule is CC(OC(=O)CCCOc1cccc(Br)c1)C(=O)Nc1cccnc1Cl. The van der Waals surface area contributed by atoms with E-state index in [0.717, 1.165) is 4.47 Å². The molecular weight excluding hydrogens is 424 g/mol. The van der Waals surface area contributed by atoms with Crippen LogP contribution < -0.4 is 10.1 Å². The Hall–Kier alpha value is -2.12. The molecule has 1 unspecified atom stereocenters. The number of halogens is 2. The third-order valence-corrected chi connectivity index (χ3v) is 4.08. The molecule has 2 aromatic rings. The second-order valence-corrected chi connectivity index (χ2v) is 6.65. The number of pyridine rings is 1. The average Bonchev–Trinajstić information content (AvgIpc) is 2.60. The molecule has 0 aliphatic rings. The molecule has 26 heavy (non-hydrogen) atoms. The minimum absolute atomic E-state index is 0.152. The first-order chi connectivity index (χ1) is 12.5. The average molecular weight is 442 g/mol. The van der Waals surface area contributed by atoms with Gasteiger partial charge < -0.3 is 14.8 Å². The zero-order valence-electron chi connectivity index (χ0n) is 14.1. The number of aromatic nitrogens is 1. The summed E-state index contributed by atoms with van der Waals surface area (Å²) >= 11 is 9.23. The quantitative estimate of drug-likeness (QED) is 0.377. The van der Waals surface area contributed by atoms with Gasteiger partial charge in [-0.15, -0.1) is 0 Å². The first kappa shape index (κ1) is 20.2. The number of ether oxygens (including phenoxy) is 2. The smallest absolute Gasteiger partial charge is 0.306 e. The first-order valence-electron chi connectivity index (χ1n) is 7.95. The zero-order valence-corrected chi connectivity index (χ0v) is 16.4. The summed E-state index contributed by atoms with van der Waals surface area (Å²) in [6, 6.07) is 10.7. The molecule has 0 bridgehead atoms. The van der Waals surface area contributed by atoms with Gasteiger partial charge in [-0.1, -0.05) is 33.6 Å². The van der Waals surface area contributed by atoms with Crippen molar-refractivity contribution in [1.29, 1.82) is 0 Å². The van der Waals surface area contributed by atoms with Crippen molar-refractivity contribution in [1.82, 2.24) is 4.98 Å². The summed E-state index contributed by atoms with van der Waals surface area (Å²) < 4.78 is 11.6. The summed E-state index contributed by atoms with van der Waals surface area (Å²) in [5.41, 5.74) is 0.365. The van der Waals surface area contributed by atoms with Gasteiger partial charge in [-0.05, 0) is 43.7 Å². The van der Waals surface area contributed by atoms with Gasteiger partial charge in [-0.3, -0.25) is 9.59 Å². The lowest BCUT2D eigenvalue weighted by atomic mass is 10.3. The highest BCUT2D eigenvalue weighted by atomic mass is 79.9. The van der Waals surface area contributed by atoms with E-state index < -0.39 is 18.0 Å². The predicted octanol–water partition coefficient (Wildman–Crippen LogP) is 4.23. The molecule has 1 amide bonds. The highest BCUT2D eigenvalue weighted by molar-refractivity contribution is 9.10. The summed E-state index contributed by atoms with van der Waals surface area (Å²) in [6.45, 7) is 1.87. The van der Waals surface area contributed by atoms with Crippen LogP contribution in [0.1, 0.15) is 19.8 Å². The first-order valence-corrected chi connectivity index (χ1v) is 9.12. The van der Waals surface area contributed by atoms with Crippen molar-refractivity contribution in [3.05, 3.63) is 52.2 Å². The Balaban J connectivity index is 1.69. The Morgan fingerprint density at radius 3 is 2.85 bits per heavy atom. The van der Waals surface area contributed by atoms with Gasteiger partial charge >= 0.3 is 5.97 Å². The Morgan fingerprint density at radius 2 is 2.12 bits per heavy atom. The monoisotopic (exact) mass is 440 g/mol. The van der Waals surface area contributed by atoms with Crippen LogP contribution in [0.3, 0.4) is 0 Å². The maximum Gasteiger partial charge on any atom is 0.306 e. The van der Waals surface area contributed by atoms with E-state index in [4.69, 9.17) is 21.1 Å². The molecule has 138 valence electrons. The number of carbonyl (C=O) groups is 2. The van der Waals surface area contributed by atoms with Crippen LogP contribution in [0.2, 0.25) is 5.15 Å². The Kier molecular flexibility index (Phi) is 7.87. The van der Waals surface area contributed by atoms with Crippen molar-refractivity contribution in [3.63, 3.8) is 0 Å². The maximum atomic E-state index is 12.0. The third kappa shape index (κ3) is 6.65. The Labute approximate surface area is 165 Å². The number of esters is 1. The van der Waals surface area contributed by atoms with Crippen molar-refractivity contribution < 1.29 is 19.1 Å². The highest BCUT2D eigenvalue weighted by Crippen LogP contribution is 2.19. The van der Waals surface area contributed by atoms with Gasteiger partial charge in [-0.25, -0.2) is 4.98 Å². The van der Waals surface area contributed by atoms with Crippen LogP contribution in [-0.2, 0) is 14.3 Å². The molecule has 1 aromatic heterocycles. The fourth-order valence-electron chi connectivity index (χ4n) is 1.99. The van der Waals surface area contributed by atoms with Gasteiger partial charge in [0, 0.05) is 17.1 Å². The van der Waals surface area contributed by atoms with E-state index in [-0.39, 0.29) is 11.6 Å². The lowest BCUT2D eigenvalue weighted by molar-refractivity contribution is -0.153. The molecule has 1 heterocycles. The molecule has 0 aliphatic heterocycles. The number of hydrogen-bond acceptors (Lipinski definition) is 5. The lowest BCUT2D eigenvalue weighted by Gasteiger charge is -2.14. The van der Waals surface area contributed by atoms with E-state index in [1.54, 1.807) is 12.1 Å². The lowest BCUT2D eigenvalue weighted by Crippen LogP contribution is -2.30. The molecule has 1 atom stereocenters. The van der Waals surface area contributed by atoms with E-state index in [0.29, 0.717) is 24.5 Å². The molecule has 6 nitrogen and oxygen atoms in total. The molecule has 1 aromatic carbocycles. The molecule has 0 radical (unpaired) electrons. The Morgan fingerprint density at radius 1 is 1.31 bits per heavy atom. The molecule has 0 spiro atoms. The third-order valence-electron chi connectivity index (χ3n) is 3.28. The van der Waals surface area contributed by atoms with E-state index in [1.807, 2.05) is 24.3 Å². The number of nitrogens with zero attached hydrogens (tertiary/aromatic N) is 1. The van der Waals surface area contributed by atoms with Gasteiger partial charge in [-0.2, -0.15) is 0 Å². The van der Waals surface area contributed by atoms with Crippen LogP contribution in [-0.4, -0.2) is 29.6 Å². The topological polar surface area (TPSA) is 77.5 Å². The summed E-state index contributed by atoms with van der Waals surface area (Å²) in [6.07, 6.45) is 1.20. The summed E-state index contributed by atoms with van der Waals surface area (Å²) in [4.78, 5) is 27.7. The molecular formula is C18H18BrClN2O4. The number of nitrogens with one attached hydrogen (secondary N) is 1. The van der Waals surface area contributed by atoms with Gasteiger partial charge in [0.2, 0.25) is 0 Å². The largest absolute Gasteiger partial charge is 0.494 e. The van der Waals surface area contributed by atoms with Gasteiger partial charge in [0.05, 0.1) is 12.3 Å². The molecule has 0 aliphatic carbocycles. The Bertz CT molecular complexity index is 772. The number of carbonyl (C=O) groups excluding carboxylic acids is 2. The van der Waals surface area contributed by atoms with Crippen LogP contribution in [0.4, 0.5) is 5.69 Å². The fraction of sp³-hybridized carbons (Fsp3) is 0.278. The molecule has 1 N–H and O–H groups in total. The van der Waals surface area contributed by atoms with Crippen molar-refractivity contribution in [2.45, 2.75) is 25.9 Å². The van der Waals surface area contributed by atoms with Crippen LogP contribution >= 0.6 is 27.5 Å². The van der Waals surface area contributed by atoms with Crippen LogP contribution in [0.25, 0.3) is 0 Å².